The molecule has 1 aromatic rings. The van der Waals surface area contributed by atoms with E-state index in [1.165, 1.54) is 0 Å². The van der Waals surface area contributed by atoms with Crippen LogP contribution in [0.3, 0.4) is 0 Å². The Labute approximate surface area is 136 Å². The number of amides is 2. The molecule has 0 aliphatic carbocycles. The minimum absolute atomic E-state index is 0.246. The second-order valence-electron chi connectivity index (χ2n) is 5.71. The van der Waals surface area contributed by atoms with Crippen molar-refractivity contribution in [1.29, 1.82) is 0 Å². The van der Waals surface area contributed by atoms with Crippen molar-refractivity contribution in [2.75, 3.05) is 26.0 Å². The molecule has 0 bridgehead atoms. The Morgan fingerprint density at radius 3 is 2.43 bits per heavy atom. The normalized spacial score (nSPS) is 12.6. The molecule has 2 N–H and O–H groups in total. The van der Waals surface area contributed by atoms with Gasteiger partial charge in [0.15, 0.2) is 0 Å². The summed E-state index contributed by atoms with van der Waals surface area (Å²) in [4.78, 5) is 14.0. The predicted molar refractivity (Wildman–Crippen MR) is 90.4 cm³/mol. The molecule has 118 valence electrons. The quantitative estimate of drug-likeness (QED) is 0.824. The van der Waals surface area contributed by atoms with E-state index in [1.807, 2.05) is 14.1 Å². The van der Waals surface area contributed by atoms with E-state index >= 15 is 0 Å². The number of benzene rings is 1. The number of rotatable bonds is 6. The molecule has 2 amide bonds. The Bertz CT molecular complexity index is 478. The molecule has 6 heteroatoms. The highest BCUT2D eigenvalue weighted by atomic mass is 35.5. The van der Waals surface area contributed by atoms with Crippen molar-refractivity contribution < 1.29 is 4.79 Å². The van der Waals surface area contributed by atoms with E-state index in [9.17, 15) is 4.79 Å². The molecule has 1 atom stereocenters. The number of hydrogen-bond acceptors (Lipinski definition) is 2. The predicted octanol–water partition coefficient (Wildman–Crippen LogP) is 4.09. The van der Waals surface area contributed by atoms with Gasteiger partial charge in [-0.1, -0.05) is 37.0 Å². The highest BCUT2D eigenvalue weighted by Crippen LogP contribution is 2.24. The first-order chi connectivity index (χ1) is 9.79. The van der Waals surface area contributed by atoms with Crippen LogP contribution in [-0.2, 0) is 0 Å². The number of halogens is 2. The lowest BCUT2D eigenvalue weighted by atomic mass is 10.0. The van der Waals surface area contributed by atoms with Gasteiger partial charge >= 0.3 is 6.03 Å². The molecule has 1 rings (SSSR count). The third-order valence-electron chi connectivity index (χ3n) is 3.15. The molecule has 21 heavy (non-hydrogen) atoms. The van der Waals surface area contributed by atoms with Crippen molar-refractivity contribution in [2.24, 2.45) is 5.92 Å². The lowest BCUT2D eigenvalue weighted by Gasteiger charge is -2.26. The standard InChI is InChI=1S/C15H23Cl2N3O/c1-10(2)7-12(20(3)4)9-18-15(21)19-11-5-6-13(16)14(17)8-11/h5-6,8,10,12H,7,9H2,1-4H3,(H2,18,19,21)/t12-/m0/s1. The van der Waals surface area contributed by atoms with Gasteiger partial charge in [0.1, 0.15) is 0 Å². The Morgan fingerprint density at radius 1 is 1.24 bits per heavy atom. The number of anilines is 1. The van der Waals surface area contributed by atoms with Crippen LogP contribution in [0.1, 0.15) is 20.3 Å². The summed E-state index contributed by atoms with van der Waals surface area (Å²) in [6.07, 6.45) is 1.03. The zero-order valence-electron chi connectivity index (χ0n) is 12.9. The lowest BCUT2D eigenvalue weighted by molar-refractivity contribution is 0.231. The molecule has 0 spiro atoms. The van der Waals surface area contributed by atoms with Crippen LogP contribution in [0.15, 0.2) is 18.2 Å². The Morgan fingerprint density at radius 2 is 1.90 bits per heavy atom. The summed E-state index contributed by atoms with van der Waals surface area (Å²) < 4.78 is 0. The summed E-state index contributed by atoms with van der Waals surface area (Å²) in [6.45, 7) is 4.94. The molecule has 1 aromatic carbocycles. The van der Waals surface area contributed by atoms with Crippen LogP contribution >= 0.6 is 23.2 Å². The highest BCUT2D eigenvalue weighted by Gasteiger charge is 2.14. The van der Waals surface area contributed by atoms with Crippen LogP contribution in [-0.4, -0.2) is 37.6 Å². The minimum atomic E-state index is -0.246. The molecule has 0 heterocycles. The molecule has 0 radical (unpaired) electrons. The number of urea groups is 1. The molecule has 0 saturated heterocycles. The minimum Gasteiger partial charge on any atom is -0.336 e. The van der Waals surface area contributed by atoms with Crippen LogP contribution in [0.4, 0.5) is 10.5 Å². The Hall–Kier alpha value is -0.970. The van der Waals surface area contributed by atoms with Crippen molar-refractivity contribution >= 4 is 34.9 Å². The molecular formula is C15H23Cl2N3O. The van der Waals surface area contributed by atoms with E-state index in [1.54, 1.807) is 18.2 Å². The first-order valence-electron chi connectivity index (χ1n) is 6.96. The smallest absolute Gasteiger partial charge is 0.319 e. The van der Waals surface area contributed by atoms with Crippen molar-refractivity contribution in [2.45, 2.75) is 26.3 Å². The van der Waals surface area contributed by atoms with Gasteiger partial charge in [0.25, 0.3) is 0 Å². The second kappa shape index (κ2) is 8.47. The SMILES string of the molecule is CC(C)C[C@@H](CNC(=O)Nc1ccc(Cl)c(Cl)c1)N(C)C. The zero-order valence-corrected chi connectivity index (χ0v) is 14.4. The van der Waals surface area contributed by atoms with E-state index in [0.29, 0.717) is 34.2 Å². The molecule has 0 aliphatic heterocycles. The topological polar surface area (TPSA) is 44.4 Å². The number of carbonyl (C=O) groups excluding carboxylic acids is 1. The highest BCUT2D eigenvalue weighted by molar-refractivity contribution is 6.42. The summed E-state index contributed by atoms with van der Waals surface area (Å²) in [5, 5.41) is 6.51. The van der Waals surface area contributed by atoms with Gasteiger partial charge in [0, 0.05) is 18.3 Å². The van der Waals surface area contributed by atoms with Crippen molar-refractivity contribution in [3.8, 4) is 0 Å². The van der Waals surface area contributed by atoms with Gasteiger partial charge in [0.2, 0.25) is 0 Å². The van der Waals surface area contributed by atoms with Crippen molar-refractivity contribution in [3.63, 3.8) is 0 Å². The van der Waals surface area contributed by atoms with E-state index < -0.39 is 0 Å². The van der Waals surface area contributed by atoms with Crippen LogP contribution < -0.4 is 10.6 Å². The van der Waals surface area contributed by atoms with E-state index in [4.69, 9.17) is 23.2 Å². The summed E-state index contributed by atoms with van der Waals surface area (Å²) in [7, 11) is 4.04. The van der Waals surface area contributed by atoms with Gasteiger partial charge in [-0.15, -0.1) is 0 Å². The molecule has 0 saturated carbocycles. The summed E-state index contributed by atoms with van der Waals surface area (Å²) in [5.41, 5.74) is 0.618. The summed E-state index contributed by atoms with van der Waals surface area (Å²) in [6, 6.07) is 5.06. The third kappa shape index (κ3) is 6.55. The van der Waals surface area contributed by atoms with Crippen LogP contribution in [0.2, 0.25) is 10.0 Å². The van der Waals surface area contributed by atoms with Gasteiger partial charge < -0.3 is 15.5 Å². The molecule has 0 unspecified atom stereocenters. The number of nitrogens with zero attached hydrogens (tertiary/aromatic N) is 1. The average Bonchev–Trinajstić information content (AvgIpc) is 2.38. The Kier molecular flexibility index (Phi) is 7.29. The maximum atomic E-state index is 11.9. The third-order valence-corrected chi connectivity index (χ3v) is 3.89. The fourth-order valence-electron chi connectivity index (χ4n) is 1.98. The van der Waals surface area contributed by atoms with E-state index in [2.05, 4.69) is 29.4 Å². The van der Waals surface area contributed by atoms with Crippen molar-refractivity contribution in [1.82, 2.24) is 10.2 Å². The fraction of sp³-hybridized carbons (Fsp3) is 0.533. The Balaban J connectivity index is 2.50. The van der Waals surface area contributed by atoms with Gasteiger partial charge in [-0.3, -0.25) is 0 Å². The molecular weight excluding hydrogens is 309 g/mol. The lowest BCUT2D eigenvalue weighted by Crippen LogP contribution is -2.42. The van der Waals surface area contributed by atoms with Crippen LogP contribution in [0, 0.1) is 5.92 Å². The fourth-order valence-corrected chi connectivity index (χ4v) is 2.28. The number of likely N-dealkylation sites (N-methyl/N-ethyl adjacent to an activating group) is 1. The van der Waals surface area contributed by atoms with Gasteiger partial charge in [-0.05, 0) is 44.6 Å². The first kappa shape index (κ1) is 18.1. The summed E-state index contributed by atoms with van der Waals surface area (Å²) in [5.74, 6) is 0.581. The largest absolute Gasteiger partial charge is 0.336 e. The van der Waals surface area contributed by atoms with E-state index in [0.717, 1.165) is 6.42 Å². The van der Waals surface area contributed by atoms with Crippen LogP contribution in [0.25, 0.3) is 0 Å². The zero-order chi connectivity index (χ0) is 16.0. The molecule has 4 nitrogen and oxygen atoms in total. The first-order valence-corrected chi connectivity index (χ1v) is 7.71. The number of hydrogen-bond donors (Lipinski definition) is 2. The van der Waals surface area contributed by atoms with Gasteiger partial charge in [-0.25, -0.2) is 4.79 Å². The number of carbonyl (C=O) groups is 1. The number of nitrogens with one attached hydrogen (secondary N) is 2. The summed E-state index contributed by atoms with van der Waals surface area (Å²) >= 11 is 11.8. The van der Waals surface area contributed by atoms with Gasteiger partial charge in [0.05, 0.1) is 10.0 Å². The monoisotopic (exact) mass is 331 g/mol. The maximum Gasteiger partial charge on any atom is 0.319 e. The van der Waals surface area contributed by atoms with Crippen LogP contribution in [0.5, 0.6) is 0 Å². The second-order valence-corrected chi connectivity index (χ2v) is 6.53. The van der Waals surface area contributed by atoms with Crippen molar-refractivity contribution in [3.05, 3.63) is 28.2 Å². The average molecular weight is 332 g/mol. The maximum absolute atomic E-state index is 11.9. The van der Waals surface area contributed by atoms with Gasteiger partial charge in [-0.2, -0.15) is 0 Å². The molecule has 0 aliphatic rings. The molecule has 0 fully saturated rings. The molecule has 0 aromatic heterocycles. The van der Waals surface area contributed by atoms with E-state index in [-0.39, 0.29) is 6.03 Å².